The number of rotatable bonds is 3. The normalized spacial score (nSPS) is 9.53. The van der Waals surface area contributed by atoms with E-state index in [4.69, 9.17) is 29.8 Å². The van der Waals surface area contributed by atoms with E-state index in [1.165, 1.54) is 4.90 Å². The van der Waals surface area contributed by atoms with Crippen molar-refractivity contribution in [3.8, 4) is 12.3 Å². The van der Waals surface area contributed by atoms with Gasteiger partial charge in [-0.2, -0.15) is 0 Å². The molecule has 0 heterocycles. The van der Waals surface area contributed by atoms with E-state index >= 15 is 0 Å². The van der Waals surface area contributed by atoms with E-state index in [1.54, 1.807) is 0 Å². The first-order valence-corrected chi connectivity index (χ1v) is 6.37. The van der Waals surface area contributed by atoms with Gasteiger partial charge in [0.2, 0.25) is 0 Å². The van der Waals surface area contributed by atoms with Crippen LogP contribution in [0.15, 0.2) is 18.2 Å². The van der Waals surface area contributed by atoms with Crippen molar-refractivity contribution in [1.29, 1.82) is 5.41 Å². The van der Waals surface area contributed by atoms with Gasteiger partial charge in [-0.25, -0.2) is 0 Å². The Labute approximate surface area is 119 Å². The van der Waals surface area contributed by atoms with Crippen LogP contribution in [0, 0.1) is 24.7 Å². The number of para-hydroxylation sites is 1. The first kappa shape index (κ1) is 15.0. The summed E-state index contributed by atoms with van der Waals surface area (Å²) in [5.41, 5.74) is 8.61. The smallest absolute Gasteiger partial charge is 0.199 e. The van der Waals surface area contributed by atoms with E-state index in [1.807, 2.05) is 25.1 Å². The second-order valence-electron chi connectivity index (χ2n) is 4.02. The van der Waals surface area contributed by atoms with Crippen molar-refractivity contribution >= 4 is 29.0 Å². The van der Waals surface area contributed by atoms with E-state index in [2.05, 4.69) is 18.2 Å². The zero-order valence-corrected chi connectivity index (χ0v) is 12.0. The lowest BCUT2D eigenvalue weighted by Crippen LogP contribution is -2.47. The summed E-state index contributed by atoms with van der Waals surface area (Å²) >= 11 is 5.26. The van der Waals surface area contributed by atoms with Gasteiger partial charge < -0.3 is 11.1 Å². The maximum atomic E-state index is 7.75. The molecule has 1 rings (SSSR count). The van der Waals surface area contributed by atoms with Gasteiger partial charge in [0.05, 0.1) is 12.2 Å². The molecule has 0 bridgehead atoms. The molecule has 0 unspecified atom stereocenters. The van der Waals surface area contributed by atoms with Gasteiger partial charge in [-0.1, -0.05) is 31.0 Å². The zero-order chi connectivity index (χ0) is 14.4. The predicted molar refractivity (Wildman–Crippen MR) is 84.4 cm³/mol. The number of benzene rings is 1. The number of guanidine groups is 1. The molecule has 100 valence electrons. The van der Waals surface area contributed by atoms with Gasteiger partial charge in [0.1, 0.15) is 0 Å². The third-order valence-electron chi connectivity index (χ3n) is 2.71. The molecular formula is C14H18N4S. The third-order valence-corrected chi connectivity index (χ3v) is 3.04. The summed E-state index contributed by atoms with van der Waals surface area (Å²) in [7, 11) is 0. The summed E-state index contributed by atoms with van der Waals surface area (Å²) in [6.07, 6.45) is 6.03. The van der Waals surface area contributed by atoms with Crippen LogP contribution >= 0.6 is 12.2 Å². The van der Waals surface area contributed by atoms with Crippen molar-refractivity contribution in [2.45, 2.75) is 20.3 Å². The SMILES string of the molecule is C#CCNC(=S)N(C(=N)N)c1c(C)cccc1CC. The van der Waals surface area contributed by atoms with E-state index in [0.29, 0.717) is 11.7 Å². The van der Waals surface area contributed by atoms with E-state index in [9.17, 15) is 0 Å². The summed E-state index contributed by atoms with van der Waals surface area (Å²) in [4.78, 5) is 1.51. The highest BCUT2D eigenvalue weighted by Gasteiger charge is 2.19. The number of thiocarbonyl (C=S) groups is 1. The summed E-state index contributed by atoms with van der Waals surface area (Å²) in [5.74, 6) is 2.32. The average molecular weight is 274 g/mol. The maximum Gasteiger partial charge on any atom is 0.199 e. The molecule has 0 fully saturated rings. The summed E-state index contributed by atoms with van der Waals surface area (Å²) in [6.45, 7) is 4.32. The fourth-order valence-corrected chi connectivity index (χ4v) is 2.12. The number of nitrogens with zero attached hydrogens (tertiary/aromatic N) is 1. The Morgan fingerprint density at radius 3 is 2.79 bits per heavy atom. The number of nitrogens with two attached hydrogens (primary N) is 1. The van der Waals surface area contributed by atoms with Gasteiger partial charge >= 0.3 is 0 Å². The van der Waals surface area contributed by atoms with Crippen LogP contribution in [0.25, 0.3) is 0 Å². The standard InChI is InChI=1S/C14H18N4S/c1-4-9-17-14(19)18(13(15)16)12-10(3)7-6-8-11(12)5-2/h1,6-8H,5,9H2,2-3H3,(H3,15,16)(H,17,19). The van der Waals surface area contributed by atoms with Crippen LogP contribution in [0.3, 0.4) is 0 Å². The quantitative estimate of drug-likeness (QED) is 0.340. The fourth-order valence-electron chi connectivity index (χ4n) is 1.86. The number of terminal acetylenes is 1. The lowest BCUT2D eigenvalue weighted by Gasteiger charge is -2.27. The van der Waals surface area contributed by atoms with Crippen LogP contribution in [0.2, 0.25) is 0 Å². The highest BCUT2D eigenvalue weighted by molar-refractivity contribution is 7.80. The molecule has 0 atom stereocenters. The number of nitrogens with one attached hydrogen (secondary N) is 2. The minimum absolute atomic E-state index is 0.126. The molecule has 1 aromatic rings. The third kappa shape index (κ3) is 3.46. The molecule has 0 spiro atoms. The van der Waals surface area contributed by atoms with Crippen molar-refractivity contribution in [2.24, 2.45) is 5.73 Å². The van der Waals surface area contributed by atoms with Crippen LogP contribution in [0.1, 0.15) is 18.1 Å². The first-order valence-electron chi connectivity index (χ1n) is 5.96. The van der Waals surface area contributed by atoms with Crippen molar-refractivity contribution < 1.29 is 0 Å². The average Bonchev–Trinajstić information content (AvgIpc) is 2.38. The Morgan fingerprint density at radius 1 is 1.58 bits per heavy atom. The van der Waals surface area contributed by atoms with Gasteiger partial charge in [-0.05, 0) is 36.7 Å². The number of anilines is 1. The molecular weight excluding hydrogens is 256 g/mol. The van der Waals surface area contributed by atoms with Crippen molar-refractivity contribution in [3.63, 3.8) is 0 Å². The Bertz CT molecular complexity index is 531. The molecule has 0 saturated heterocycles. The van der Waals surface area contributed by atoms with Gasteiger partial charge in [0.25, 0.3) is 0 Å². The molecule has 0 saturated carbocycles. The van der Waals surface area contributed by atoms with Crippen LogP contribution < -0.4 is 16.0 Å². The van der Waals surface area contributed by atoms with Gasteiger partial charge in [0.15, 0.2) is 11.1 Å². The molecule has 4 N–H and O–H groups in total. The lowest BCUT2D eigenvalue weighted by atomic mass is 10.0. The molecule has 0 radical (unpaired) electrons. The second kappa shape index (κ2) is 6.76. The van der Waals surface area contributed by atoms with Crippen molar-refractivity contribution in [1.82, 2.24) is 5.32 Å². The van der Waals surface area contributed by atoms with E-state index < -0.39 is 0 Å². The molecule has 0 aromatic heterocycles. The van der Waals surface area contributed by atoms with Crippen molar-refractivity contribution in [2.75, 3.05) is 11.4 Å². The minimum Gasteiger partial charge on any atom is -0.369 e. The molecule has 5 heteroatoms. The molecule has 1 aromatic carbocycles. The Morgan fingerprint density at radius 2 is 2.26 bits per heavy atom. The molecule has 4 nitrogen and oxygen atoms in total. The Kier molecular flexibility index (Phi) is 5.34. The lowest BCUT2D eigenvalue weighted by molar-refractivity contribution is 1.04. The van der Waals surface area contributed by atoms with E-state index in [0.717, 1.165) is 23.2 Å². The largest absolute Gasteiger partial charge is 0.369 e. The van der Waals surface area contributed by atoms with Crippen LogP contribution in [-0.2, 0) is 6.42 Å². The second-order valence-corrected chi connectivity index (χ2v) is 4.41. The first-order chi connectivity index (χ1) is 9.02. The molecule has 0 aliphatic rings. The Balaban J connectivity index is 3.24. The summed E-state index contributed by atoms with van der Waals surface area (Å²) in [6, 6.07) is 5.95. The van der Waals surface area contributed by atoms with Crippen LogP contribution in [-0.4, -0.2) is 17.6 Å². The number of hydrogen-bond donors (Lipinski definition) is 3. The molecule has 0 aliphatic carbocycles. The summed E-state index contributed by atoms with van der Waals surface area (Å²) < 4.78 is 0. The topological polar surface area (TPSA) is 65.1 Å². The highest BCUT2D eigenvalue weighted by Crippen LogP contribution is 2.25. The maximum absolute atomic E-state index is 7.75. The van der Waals surface area contributed by atoms with Gasteiger partial charge in [0, 0.05) is 0 Å². The minimum atomic E-state index is -0.126. The molecule has 19 heavy (non-hydrogen) atoms. The van der Waals surface area contributed by atoms with E-state index in [-0.39, 0.29) is 5.96 Å². The highest BCUT2D eigenvalue weighted by atomic mass is 32.1. The monoisotopic (exact) mass is 274 g/mol. The van der Waals surface area contributed by atoms with Gasteiger partial charge in [-0.15, -0.1) is 6.42 Å². The predicted octanol–water partition coefficient (Wildman–Crippen LogP) is 1.76. The van der Waals surface area contributed by atoms with Crippen molar-refractivity contribution in [3.05, 3.63) is 29.3 Å². The zero-order valence-electron chi connectivity index (χ0n) is 11.2. The summed E-state index contributed by atoms with van der Waals surface area (Å²) in [5, 5.41) is 11.0. The fraction of sp³-hybridized carbons (Fsp3) is 0.286. The van der Waals surface area contributed by atoms with Gasteiger partial charge in [-0.3, -0.25) is 10.3 Å². The van der Waals surface area contributed by atoms with Crippen LogP contribution in [0.4, 0.5) is 5.69 Å². The molecule has 0 aliphatic heterocycles. The molecule has 0 amide bonds. The number of aryl methyl sites for hydroxylation is 2. The number of hydrogen-bond acceptors (Lipinski definition) is 2. The van der Waals surface area contributed by atoms with Crippen LogP contribution in [0.5, 0.6) is 0 Å². The Hall–Kier alpha value is -2.06.